The normalized spacial score (nSPS) is 17.5. The number of rotatable bonds is 6. The molecule has 3 rings (SSSR count). The lowest BCUT2D eigenvalue weighted by Gasteiger charge is -2.32. The maximum absolute atomic E-state index is 12.9. The Bertz CT molecular complexity index is 1010. The summed E-state index contributed by atoms with van der Waals surface area (Å²) in [6.45, 7) is 0.273. The molecule has 0 radical (unpaired) electrons. The van der Waals surface area contributed by atoms with E-state index >= 15 is 0 Å². The van der Waals surface area contributed by atoms with Gasteiger partial charge in [0.1, 0.15) is 4.21 Å². The molecule has 162 valence electrons. The van der Waals surface area contributed by atoms with E-state index < -0.39 is 21.8 Å². The Morgan fingerprint density at radius 1 is 1.23 bits per heavy atom. The van der Waals surface area contributed by atoms with Crippen LogP contribution in [0.2, 0.25) is 10.0 Å². The van der Waals surface area contributed by atoms with Gasteiger partial charge in [0.15, 0.2) is 0 Å². The molecule has 0 bridgehead atoms. The van der Waals surface area contributed by atoms with Crippen LogP contribution in [0.3, 0.4) is 0 Å². The van der Waals surface area contributed by atoms with Gasteiger partial charge in [-0.3, -0.25) is 9.59 Å². The molecule has 30 heavy (non-hydrogen) atoms. The second-order valence-electron chi connectivity index (χ2n) is 6.97. The van der Waals surface area contributed by atoms with Gasteiger partial charge in [0.05, 0.1) is 28.2 Å². The second kappa shape index (κ2) is 9.65. The molecular weight excluding hydrogens is 469 g/mol. The molecule has 2 heterocycles. The molecule has 1 aliphatic rings. The van der Waals surface area contributed by atoms with Crippen molar-refractivity contribution in [1.29, 1.82) is 0 Å². The van der Waals surface area contributed by atoms with Crippen LogP contribution in [0.1, 0.15) is 12.8 Å². The van der Waals surface area contributed by atoms with E-state index in [-0.39, 0.29) is 28.9 Å². The van der Waals surface area contributed by atoms with Gasteiger partial charge in [-0.2, -0.15) is 4.31 Å². The van der Waals surface area contributed by atoms with Crippen molar-refractivity contribution in [3.8, 4) is 0 Å². The van der Waals surface area contributed by atoms with Crippen LogP contribution in [-0.2, 0) is 19.6 Å². The molecule has 1 unspecified atom stereocenters. The van der Waals surface area contributed by atoms with Crippen LogP contribution in [0.4, 0.5) is 5.69 Å². The van der Waals surface area contributed by atoms with Crippen LogP contribution in [-0.4, -0.2) is 56.1 Å². The molecule has 1 atom stereocenters. The fourth-order valence-corrected chi connectivity index (χ4v) is 6.46. The SMILES string of the molecule is CN(CC(=O)Nc1c(Cl)cccc1Cl)C(=O)C1CCCN(S(=O)(=O)c2cccs2)C1. The molecule has 0 saturated carbocycles. The Morgan fingerprint density at radius 2 is 1.93 bits per heavy atom. The van der Waals surface area contributed by atoms with E-state index in [1.54, 1.807) is 35.7 Å². The van der Waals surface area contributed by atoms with Gasteiger partial charge in [-0.05, 0) is 36.4 Å². The van der Waals surface area contributed by atoms with Gasteiger partial charge in [-0.25, -0.2) is 8.42 Å². The van der Waals surface area contributed by atoms with Crippen LogP contribution in [0.5, 0.6) is 0 Å². The van der Waals surface area contributed by atoms with Gasteiger partial charge >= 0.3 is 0 Å². The summed E-state index contributed by atoms with van der Waals surface area (Å²) in [7, 11) is -2.09. The summed E-state index contributed by atoms with van der Waals surface area (Å²) in [4.78, 5) is 26.5. The smallest absolute Gasteiger partial charge is 0.252 e. The van der Waals surface area contributed by atoms with Crippen LogP contribution in [0, 0.1) is 5.92 Å². The van der Waals surface area contributed by atoms with Gasteiger partial charge < -0.3 is 10.2 Å². The fourth-order valence-electron chi connectivity index (χ4n) is 3.30. The predicted octanol–water partition coefficient (Wildman–Crippen LogP) is 3.55. The largest absolute Gasteiger partial charge is 0.336 e. The van der Waals surface area contributed by atoms with E-state index in [0.29, 0.717) is 29.4 Å². The Balaban J connectivity index is 1.62. The first-order valence-corrected chi connectivity index (χ1v) is 12.3. The number of halogens is 2. The highest BCUT2D eigenvalue weighted by atomic mass is 35.5. The lowest BCUT2D eigenvalue weighted by atomic mass is 9.98. The number of para-hydroxylation sites is 1. The Hall–Kier alpha value is -1.65. The highest BCUT2D eigenvalue weighted by Crippen LogP contribution is 2.30. The number of nitrogens with zero attached hydrogens (tertiary/aromatic N) is 2. The standard InChI is InChI=1S/C19H21Cl2N3O4S2/c1-23(12-16(25)22-18-14(20)6-2-7-15(18)21)19(26)13-5-3-9-24(11-13)30(27,28)17-8-4-10-29-17/h2,4,6-8,10,13H,3,5,9,11-12H2,1H3,(H,22,25). The maximum atomic E-state index is 12.9. The third kappa shape index (κ3) is 5.15. The number of hydrogen-bond donors (Lipinski definition) is 1. The minimum absolute atomic E-state index is 0.0986. The zero-order chi connectivity index (χ0) is 21.9. The molecule has 1 aromatic heterocycles. The third-order valence-corrected chi connectivity index (χ3v) is 8.67. The van der Waals surface area contributed by atoms with Crippen LogP contribution >= 0.6 is 34.5 Å². The summed E-state index contributed by atoms with van der Waals surface area (Å²) in [5.74, 6) is -1.23. The van der Waals surface area contributed by atoms with Crippen molar-refractivity contribution in [2.24, 2.45) is 5.92 Å². The van der Waals surface area contributed by atoms with E-state index in [9.17, 15) is 18.0 Å². The molecule has 0 aliphatic carbocycles. The first-order chi connectivity index (χ1) is 14.2. The summed E-state index contributed by atoms with van der Waals surface area (Å²) >= 11 is 13.3. The number of benzene rings is 1. The molecule has 2 aromatic rings. The van der Waals surface area contributed by atoms with Crippen molar-refractivity contribution >= 4 is 62.1 Å². The fraction of sp³-hybridized carbons (Fsp3) is 0.368. The number of amides is 2. The first kappa shape index (κ1) is 23.0. The molecule has 2 amide bonds. The number of sulfonamides is 1. The molecule has 11 heteroatoms. The summed E-state index contributed by atoms with van der Waals surface area (Å²) in [5, 5.41) is 4.92. The topological polar surface area (TPSA) is 86.8 Å². The second-order valence-corrected chi connectivity index (χ2v) is 10.9. The lowest BCUT2D eigenvalue weighted by molar-refractivity contribution is -0.138. The molecule has 0 spiro atoms. The van der Waals surface area contributed by atoms with Crippen LogP contribution in [0.15, 0.2) is 39.9 Å². The summed E-state index contributed by atoms with van der Waals surface area (Å²) in [5.41, 5.74) is 0.289. The number of anilines is 1. The van der Waals surface area contributed by atoms with Gasteiger partial charge in [-0.15, -0.1) is 11.3 Å². The van der Waals surface area contributed by atoms with E-state index in [1.165, 1.54) is 16.3 Å². The van der Waals surface area contributed by atoms with Crippen molar-refractivity contribution in [2.45, 2.75) is 17.1 Å². The number of carbonyl (C=O) groups is 2. The molecule has 1 aromatic carbocycles. The molecular formula is C19H21Cl2N3O4S2. The molecule has 1 saturated heterocycles. The molecule has 1 N–H and O–H groups in total. The van der Waals surface area contributed by atoms with Crippen molar-refractivity contribution in [3.05, 3.63) is 45.8 Å². The van der Waals surface area contributed by atoms with Crippen molar-refractivity contribution in [1.82, 2.24) is 9.21 Å². The van der Waals surface area contributed by atoms with Gasteiger partial charge in [0.2, 0.25) is 11.8 Å². The van der Waals surface area contributed by atoms with E-state index in [4.69, 9.17) is 23.2 Å². The van der Waals surface area contributed by atoms with Gasteiger partial charge in [0.25, 0.3) is 10.0 Å². The summed E-state index contributed by atoms with van der Waals surface area (Å²) in [6, 6.07) is 8.10. The zero-order valence-electron chi connectivity index (χ0n) is 16.2. The number of carbonyl (C=O) groups excluding carboxylic acids is 2. The average molecular weight is 490 g/mol. The maximum Gasteiger partial charge on any atom is 0.252 e. The van der Waals surface area contributed by atoms with E-state index in [2.05, 4.69) is 5.32 Å². The predicted molar refractivity (Wildman–Crippen MR) is 119 cm³/mol. The quantitative estimate of drug-likeness (QED) is 0.671. The summed E-state index contributed by atoms with van der Waals surface area (Å²) < 4.78 is 27.1. The minimum Gasteiger partial charge on any atom is -0.336 e. The lowest BCUT2D eigenvalue weighted by Crippen LogP contribution is -2.47. The number of thiophene rings is 1. The van der Waals surface area contributed by atoms with Gasteiger partial charge in [0, 0.05) is 20.1 Å². The molecule has 1 fully saturated rings. The zero-order valence-corrected chi connectivity index (χ0v) is 19.3. The molecule has 1 aliphatic heterocycles. The Morgan fingerprint density at radius 3 is 2.57 bits per heavy atom. The van der Waals surface area contributed by atoms with Crippen LogP contribution < -0.4 is 5.32 Å². The van der Waals surface area contributed by atoms with Gasteiger partial charge in [-0.1, -0.05) is 35.3 Å². The molecule has 7 nitrogen and oxygen atoms in total. The number of nitrogens with one attached hydrogen (secondary N) is 1. The highest BCUT2D eigenvalue weighted by Gasteiger charge is 2.35. The third-order valence-electron chi connectivity index (χ3n) is 4.81. The highest BCUT2D eigenvalue weighted by molar-refractivity contribution is 7.91. The van der Waals surface area contributed by atoms with Crippen molar-refractivity contribution < 1.29 is 18.0 Å². The minimum atomic E-state index is -3.61. The van der Waals surface area contributed by atoms with E-state index in [1.807, 2.05) is 0 Å². The number of hydrogen-bond acceptors (Lipinski definition) is 5. The Kier molecular flexibility index (Phi) is 7.41. The Labute approximate surface area is 189 Å². The number of piperidine rings is 1. The number of likely N-dealkylation sites (N-methyl/N-ethyl adjacent to an activating group) is 1. The van der Waals surface area contributed by atoms with Crippen LogP contribution in [0.25, 0.3) is 0 Å². The summed E-state index contributed by atoms with van der Waals surface area (Å²) in [6.07, 6.45) is 1.15. The van der Waals surface area contributed by atoms with E-state index in [0.717, 1.165) is 11.3 Å². The van der Waals surface area contributed by atoms with Crippen molar-refractivity contribution in [3.63, 3.8) is 0 Å². The average Bonchev–Trinajstić information content (AvgIpc) is 3.26. The first-order valence-electron chi connectivity index (χ1n) is 9.22. The monoisotopic (exact) mass is 489 g/mol. The van der Waals surface area contributed by atoms with Crippen molar-refractivity contribution in [2.75, 3.05) is 32.0 Å².